The monoisotopic (exact) mass is 355 g/mol. The van der Waals surface area contributed by atoms with Gasteiger partial charge in [-0.3, -0.25) is 14.0 Å². The van der Waals surface area contributed by atoms with Gasteiger partial charge in [0.2, 0.25) is 0 Å². The van der Waals surface area contributed by atoms with Gasteiger partial charge in [0.25, 0.3) is 5.91 Å². The van der Waals surface area contributed by atoms with Crippen LogP contribution in [0.3, 0.4) is 0 Å². The van der Waals surface area contributed by atoms with Crippen molar-refractivity contribution in [3.63, 3.8) is 0 Å². The Bertz CT molecular complexity index is 1040. The van der Waals surface area contributed by atoms with Gasteiger partial charge in [-0.15, -0.1) is 5.10 Å². The van der Waals surface area contributed by atoms with E-state index in [4.69, 9.17) is 0 Å². The number of nitrogens with zero attached hydrogens (tertiary/aromatic N) is 3. The van der Waals surface area contributed by atoms with Gasteiger partial charge in [0.05, 0.1) is 6.54 Å². The number of aromatic amines is 1. The van der Waals surface area contributed by atoms with Crippen molar-refractivity contribution >= 4 is 17.3 Å². The number of nitrogens with one attached hydrogen (secondary N) is 2. The number of aromatic nitrogens is 4. The van der Waals surface area contributed by atoms with E-state index >= 15 is 0 Å². The van der Waals surface area contributed by atoms with Crippen molar-refractivity contribution in [3.05, 3.63) is 57.4 Å². The number of rotatable bonds is 6. The molecule has 0 aliphatic carbocycles. The highest BCUT2D eigenvalue weighted by atomic mass is 16.2. The normalized spacial score (nSPS) is 11.0. The number of ketones is 1. The summed E-state index contributed by atoms with van der Waals surface area (Å²) in [6.07, 6.45) is 2.23. The summed E-state index contributed by atoms with van der Waals surface area (Å²) in [5, 5.41) is 7.00. The standard InChI is InChI=1S/C18H21N5O3/c1-4-13-15(12(3)24)11(2)20-16(13)17(25)19-8-10-23-18(26)22-9-6-5-7-14(22)21-23/h5-7,9,20H,4,8,10H2,1-3H3,(H,19,25). The highest BCUT2D eigenvalue weighted by Gasteiger charge is 2.21. The Labute approximate surface area is 149 Å². The van der Waals surface area contributed by atoms with E-state index < -0.39 is 0 Å². The van der Waals surface area contributed by atoms with Crippen LogP contribution in [0.1, 0.15) is 46.0 Å². The molecule has 2 N–H and O–H groups in total. The number of carbonyl (C=O) groups excluding carboxylic acids is 2. The fraction of sp³-hybridized carbons (Fsp3) is 0.333. The van der Waals surface area contributed by atoms with Crippen LogP contribution in [0.5, 0.6) is 0 Å². The zero-order chi connectivity index (χ0) is 18.8. The van der Waals surface area contributed by atoms with Crippen molar-refractivity contribution in [1.29, 1.82) is 0 Å². The average Bonchev–Trinajstić information content (AvgIpc) is 3.12. The van der Waals surface area contributed by atoms with Crippen LogP contribution in [0.25, 0.3) is 5.65 Å². The third-order valence-corrected chi connectivity index (χ3v) is 4.32. The molecule has 0 spiro atoms. The van der Waals surface area contributed by atoms with Crippen LogP contribution >= 0.6 is 0 Å². The number of carbonyl (C=O) groups is 2. The Morgan fingerprint density at radius 2 is 2.08 bits per heavy atom. The fourth-order valence-electron chi connectivity index (χ4n) is 3.18. The van der Waals surface area contributed by atoms with Crippen LogP contribution in [0.2, 0.25) is 0 Å². The lowest BCUT2D eigenvalue weighted by molar-refractivity contribution is 0.0946. The molecular weight excluding hydrogens is 334 g/mol. The summed E-state index contributed by atoms with van der Waals surface area (Å²) in [6.45, 7) is 5.68. The summed E-state index contributed by atoms with van der Waals surface area (Å²) in [5.74, 6) is -0.361. The van der Waals surface area contributed by atoms with E-state index in [2.05, 4.69) is 15.4 Å². The van der Waals surface area contributed by atoms with Gasteiger partial charge in [0, 0.05) is 24.0 Å². The Morgan fingerprint density at radius 3 is 2.73 bits per heavy atom. The number of hydrogen-bond acceptors (Lipinski definition) is 4. The van der Waals surface area contributed by atoms with Gasteiger partial charge in [0.1, 0.15) is 5.69 Å². The van der Waals surface area contributed by atoms with E-state index in [0.717, 1.165) is 5.56 Å². The molecule has 0 fully saturated rings. The van der Waals surface area contributed by atoms with Crippen molar-refractivity contribution in [2.24, 2.45) is 0 Å². The molecule has 0 unspecified atom stereocenters. The first-order chi connectivity index (χ1) is 12.4. The highest BCUT2D eigenvalue weighted by Crippen LogP contribution is 2.20. The molecule has 3 heterocycles. The molecule has 0 saturated carbocycles. The zero-order valence-electron chi connectivity index (χ0n) is 15.0. The predicted molar refractivity (Wildman–Crippen MR) is 96.7 cm³/mol. The van der Waals surface area contributed by atoms with E-state index in [1.165, 1.54) is 16.0 Å². The first-order valence-electron chi connectivity index (χ1n) is 8.48. The van der Waals surface area contributed by atoms with E-state index in [-0.39, 0.29) is 30.5 Å². The fourth-order valence-corrected chi connectivity index (χ4v) is 3.18. The second-order valence-electron chi connectivity index (χ2n) is 6.08. The van der Waals surface area contributed by atoms with Gasteiger partial charge in [0.15, 0.2) is 11.4 Å². The number of aryl methyl sites for hydroxylation is 1. The third-order valence-electron chi connectivity index (χ3n) is 4.32. The van der Waals surface area contributed by atoms with E-state index in [1.807, 2.05) is 6.92 Å². The third kappa shape index (κ3) is 3.05. The predicted octanol–water partition coefficient (Wildman–Crippen LogP) is 1.33. The molecule has 3 aromatic heterocycles. The van der Waals surface area contributed by atoms with Gasteiger partial charge in [-0.25, -0.2) is 9.48 Å². The van der Waals surface area contributed by atoms with Gasteiger partial charge in [-0.05, 0) is 38.0 Å². The summed E-state index contributed by atoms with van der Waals surface area (Å²) >= 11 is 0. The highest BCUT2D eigenvalue weighted by molar-refractivity contribution is 6.02. The van der Waals surface area contributed by atoms with E-state index in [0.29, 0.717) is 29.0 Å². The van der Waals surface area contributed by atoms with Gasteiger partial charge in [-0.2, -0.15) is 0 Å². The molecule has 26 heavy (non-hydrogen) atoms. The van der Waals surface area contributed by atoms with Crippen LogP contribution < -0.4 is 11.0 Å². The Hall–Kier alpha value is -3.16. The molecule has 0 aliphatic rings. The van der Waals surface area contributed by atoms with Crippen LogP contribution in [0.15, 0.2) is 29.2 Å². The molecule has 3 aromatic rings. The quantitative estimate of drug-likeness (QED) is 0.651. The summed E-state index contributed by atoms with van der Waals surface area (Å²) in [7, 11) is 0. The lowest BCUT2D eigenvalue weighted by Crippen LogP contribution is -2.31. The second kappa shape index (κ2) is 6.99. The SMILES string of the molecule is CCc1c(C(=O)NCCn2nc3ccccn3c2=O)[nH]c(C)c1C(C)=O. The second-order valence-corrected chi connectivity index (χ2v) is 6.08. The largest absolute Gasteiger partial charge is 0.354 e. The summed E-state index contributed by atoms with van der Waals surface area (Å²) in [6, 6.07) is 5.31. The summed E-state index contributed by atoms with van der Waals surface area (Å²) < 4.78 is 2.77. The molecule has 0 radical (unpaired) electrons. The number of H-pyrrole nitrogens is 1. The van der Waals surface area contributed by atoms with Crippen molar-refractivity contribution < 1.29 is 9.59 Å². The van der Waals surface area contributed by atoms with Crippen LogP contribution in [-0.4, -0.2) is 37.4 Å². The Balaban J connectivity index is 1.73. The van der Waals surface area contributed by atoms with E-state index in [9.17, 15) is 14.4 Å². The molecule has 0 aliphatic heterocycles. The van der Waals surface area contributed by atoms with Gasteiger partial charge >= 0.3 is 5.69 Å². The molecule has 136 valence electrons. The first-order valence-corrected chi connectivity index (χ1v) is 8.48. The molecule has 0 aromatic carbocycles. The maximum absolute atomic E-state index is 12.5. The minimum absolute atomic E-state index is 0.0640. The minimum atomic E-state index is -0.297. The molecule has 0 atom stereocenters. The molecule has 8 nitrogen and oxygen atoms in total. The van der Waals surface area contributed by atoms with Crippen molar-refractivity contribution in [2.75, 3.05) is 6.54 Å². The van der Waals surface area contributed by atoms with Crippen LogP contribution in [-0.2, 0) is 13.0 Å². The molecule has 1 amide bonds. The Morgan fingerprint density at radius 1 is 1.31 bits per heavy atom. The molecular formula is C18H21N5O3. The molecule has 3 rings (SSSR count). The van der Waals surface area contributed by atoms with Gasteiger partial charge < -0.3 is 10.3 Å². The van der Waals surface area contributed by atoms with E-state index in [1.54, 1.807) is 31.3 Å². The maximum Gasteiger partial charge on any atom is 0.350 e. The number of pyridine rings is 1. The number of Topliss-reactive ketones (excluding diaryl/α,β-unsaturated/α-hetero) is 1. The smallest absolute Gasteiger partial charge is 0.350 e. The molecule has 0 bridgehead atoms. The van der Waals surface area contributed by atoms with Gasteiger partial charge in [-0.1, -0.05) is 13.0 Å². The van der Waals surface area contributed by atoms with Crippen molar-refractivity contribution in [3.8, 4) is 0 Å². The maximum atomic E-state index is 12.5. The van der Waals surface area contributed by atoms with Crippen LogP contribution in [0, 0.1) is 6.92 Å². The lowest BCUT2D eigenvalue weighted by Gasteiger charge is -2.06. The van der Waals surface area contributed by atoms with Crippen molar-refractivity contribution in [1.82, 2.24) is 24.5 Å². The topological polar surface area (TPSA) is 101 Å². The number of amides is 1. The first kappa shape index (κ1) is 17.7. The summed E-state index contributed by atoms with van der Waals surface area (Å²) in [5.41, 5.74) is 2.70. The summed E-state index contributed by atoms with van der Waals surface area (Å²) in [4.78, 5) is 39.5. The number of fused-ring (bicyclic) bond motifs is 1. The Kier molecular flexibility index (Phi) is 4.75. The van der Waals surface area contributed by atoms with Crippen LogP contribution in [0.4, 0.5) is 0 Å². The number of hydrogen-bond donors (Lipinski definition) is 2. The zero-order valence-corrected chi connectivity index (χ0v) is 15.0. The van der Waals surface area contributed by atoms with Crippen molar-refractivity contribution in [2.45, 2.75) is 33.7 Å². The molecule has 0 saturated heterocycles. The minimum Gasteiger partial charge on any atom is -0.354 e. The molecule has 8 heteroatoms. The lowest BCUT2D eigenvalue weighted by atomic mass is 10.0. The average molecular weight is 355 g/mol.